The SMILES string of the molecule is Cc1ccc(NC(=O)CS[C@@H](C)C(=O)Nc2ccc3ccccc3c2)cc1. The molecule has 5 heteroatoms. The van der Waals surface area contributed by atoms with Crippen LogP contribution in [-0.2, 0) is 9.59 Å². The summed E-state index contributed by atoms with van der Waals surface area (Å²) in [4.78, 5) is 24.5. The van der Waals surface area contributed by atoms with Crippen molar-refractivity contribution in [2.45, 2.75) is 19.1 Å². The molecule has 0 saturated carbocycles. The lowest BCUT2D eigenvalue weighted by molar-refractivity contribution is -0.115. The van der Waals surface area contributed by atoms with Gasteiger partial charge in [-0.2, -0.15) is 0 Å². The molecular formula is C22H22N2O2S. The fraction of sp³-hybridized carbons (Fsp3) is 0.182. The number of aryl methyl sites for hydroxylation is 1. The molecule has 0 radical (unpaired) electrons. The minimum atomic E-state index is -0.333. The van der Waals surface area contributed by atoms with Crippen LogP contribution < -0.4 is 10.6 Å². The average Bonchev–Trinajstić information content (AvgIpc) is 2.67. The first-order valence-electron chi connectivity index (χ1n) is 8.79. The van der Waals surface area contributed by atoms with E-state index in [1.165, 1.54) is 11.8 Å². The lowest BCUT2D eigenvalue weighted by Gasteiger charge is -2.13. The van der Waals surface area contributed by atoms with E-state index >= 15 is 0 Å². The molecule has 0 saturated heterocycles. The first-order valence-corrected chi connectivity index (χ1v) is 9.84. The molecular weight excluding hydrogens is 356 g/mol. The molecule has 1 atom stereocenters. The van der Waals surface area contributed by atoms with Crippen molar-refractivity contribution in [2.75, 3.05) is 16.4 Å². The summed E-state index contributed by atoms with van der Waals surface area (Å²) in [7, 11) is 0. The van der Waals surface area contributed by atoms with E-state index in [2.05, 4.69) is 10.6 Å². The van der Waals surface area contributed by atoms with Crippen LogP contribution in [0.1, 0.15) is 12.5 Å². The Balaban J connectivity index is 1.50. The van der Waals surface area contributed by atoms with Crippen molar-refractivity contribution < 1.29 is 9.59 Å². The number of carbonyl (C=O) groups is 2. The standard InChI is InChI=1S/C22H22N2O2S/c1-15-7-10-19(11-8-15)23-21(25)14-27-16(2)22(26)24-20-12-9-17-5-3-4-6-18(17)13-20/h3-13,16H,14H2,1-2H3,(H,23,25)(H,24,26)/t16-/m0/s1. The molecule has 0 heterocycles. The van der Waals surface area contributed by atoms with E-state index in [4.69, 9.17) is 0 Å². The highest BCUT2D eigenvalue weighted by atomic mass is 32.2. The van der Waals surface area contributed by atoms with Gasteiger partial charge >= 0.3 is 0 Å². The highest BCUT2D eigenvalue weighted by Crippen LogP contribution is 2.20. The minimum Gasteiger partial charge on any atom is -0.325 e. The molecule has 4 nitrogen and oxygen atoms in total. The predicted octanol–water partition coefficient (Wildman–Crippen LogP) is 4.85. The van der Waals surface area contributed by atoms with Crippen molar-refractivity contribution in [1.29, 1.82) is 0 Å². The monoisotopic (exact) mass is 378 g/mol. The number of anilines is 2. The topological polar surface area (TPSA) is 58.2 Å². The number of thioether (sulfide) groups is 1. The van der Waals surface area contributed by atoms with Gasteiger partial charge in [-0.3, -0.25) is 9.59 Å². The van der Waals surface area contributed by atoms with E-state index in [1.807, 2.05) is 73.7 Å². The summed E-state index contributed by atoms with van der Waals surface area (Å²) in [6.07, 6.45) is 0. The Kier molecular flexibility index (Phi) is 6.14. The Hall–Kier alpha value is -2.79. The maximum atomic E-state index is 12.4. The number of hydrogen-bond donors (Lipinski definition) is 2. The lowest BCUT2D eigenvalue weighted by atomic mass is 10.1. The van der Waals surface area contributed by atoms with Crippen LogP contribution >= 0.6 is 11.8 Å². The summed E-state index contributed by atoms with van der Waals surface area (Å²) in [6, 6.07) is 21.5. The van der Waals surface area contributed by atoms with Gasteiger partial charge in [0.1, 0.15) is 0 Å². The van der Waals surface area contributed by atoms with Gasteiger partial charge in [0.05, 0.1) is 11.0 Å². The largest absolute Gasteiger partial charge is 0.325 e. The van der Waals surface area contributed by atoms with E-state index in [-0.39, 0.29) is 22.8 Å². The summed E-state index contributed by atoms with van der Waals surface area (Å²) in [5, 5.41) is 7.64. The number of fused-ring (bicyclic) bond motifs is 1. The smallest absolute Gasteiger partial charge is 0.237 e. The first-order chi connectivity index (χ1) is 13.0. The highest BCUT2D eigenvalue weighted by molar-refractivity contribution is 8.01. The van der Waals surface area contributed by atoms with Gasteiger partial charge in [-0.1, -0.05) is 48.0 Å². The second-order valence-electron chi connectivity index (χ2n) is 6.42. The number of rotatable bonds is 6. The van der Waals surface area contributed by atoms with Gasteiger partial charge in [-0.25, -0.2) is 0 Å². The van der Waals surface area contributed by atoms with E-state index in [0.29, 0.717) is 0 Å². The van der Waals surface area contributed by atoms with Gasteiger partial charge in [0, 0.05) is 11.4 Å². The number of benzene rings is 3. The zero-order valence-electron chi connectivity index (χ0n) is 15.4. The second kappa shape index (κ2) is 8.73. The first kappa shape index (κ1) is 19.0. The molecule has 0 spiro atoms. The third kappa shape index (κ3) is 5.34. The third-order valence-corrected chi connectivity index (χ3v) is 5.33. The van der Waals surface area contributed by atoms with Gasteiger partial charge in [-0.05, 0) is 48.9 Å². The summed E-state index contributed by atoms with van der Waals surface area (Å²) in [5.74, 6) is -0.00665. The van der Waals surface area contributed by atoms with E-state index in [1.54, 1.807) is 6.92 Å². The maximum absolute atomic E-state index is 12.4. The molecule has 0 bridgehead atoms. The molecule has 27 heavy (non-hydrogen) atoms. The number of amides is 2. The van der Waals surface area contributed by atoms with Crippen molar-refractivity contribution in [3.05, 3.63) is 72.3 Å². The van der Waals surface area contributed by atoms with Crippen molar-refractivity contribution in [3.8, 4) is 0 Å². The van der Waals surface area contributed by atoms with Gasteiger partial charge < -0.3 is 10.6 Å². The fourth-order valence-corrected chi connectivity index (χ4v) is 3.31. The molecule has 138 valence electrons. The van der Waals surface area contributed by atoms with Crippen LogP contribution in [0.25, 0.3) is 10.8 Å². The Morgan fingerprint density at radius 1 is 0.889 bits per heavy atom. The van der Waals surface area contributed by atoms with Crippen molar-refractivity contribution >= 4 is 45.7 Å². The molecule has 0 aliphatic heterocycles. The van der Waals surface area contributed by atoms with E-state index < -0.39 is 0 Å². The Morgan fingerprint density at radius 2 is 1.56 bits per heavy atom. The Morgan fingerprint density at radius 3 is 2.30 bits per heavy atom. The molecule has 0 fully saturated rings. The van der Waals surface area contributed by atoms with Crippen molar-refractivity contribution in [2.24, 2.45) is 0 Å². The maximum Gasteiger partial charge on any atom is 0.237 e. The van der Waals surface area contributed by atoms with E-state index in [9.17, 15) is 9.59 Å². The van der Waals surface area contributed by atoms with Crippen LogP contribution in [0.15, 0.2) is 66.7 Å². The van der Waals surface area contributed by atoms with Crippen LogP contribution in [0.4, 0.5) is 11.4 Å². The molecule has 0 aliphatic rings. The van der Waals surface area contributed by atoms with Crippen LogP contribution in [0, 0.1) is 6.92 Å². The minimum absolute atomic E-state index is 0.113. The Labute approximate surface area is 163 Å². The molecule has 2 N–H and O–H groups in total. The predicted molar refractivity (Wildman–Crippen MR) is 114 cm³/mol. The number of nitrogens with one attached hydrogen (secondary N) is 2. The van der Waals surface area contributed by atoms with Gasteiger partial charge in [0.2, 0.25) is 11.8 Å². The van der Waals surface area contributed by atoms with Crippen LogP contribution in [-0.4, -0.2) is 22.8 Å². The molecule has 3 aromatic rings. The summed E-state index contributed by atoms with van der Waals surface area (Å²) in [6.45, 7) is 3.80. The van der Waals surface area contributed by atoms with E-state index in [0.717, 1.165) is 27.7 Å². The third-order valence-electron chi connectivity index (χ3n) is 4.19. The molecule has 2 amide bonds. The lowest BCUT2D eigenvalue weighted by Crippen LogP contribution is -2.25. The quantitative estimate of drug-likeness (QED) is 0.645. The number of hydrogen-bond acceptors (Lipinski definition) is 3. The second-order valence-corrected chi connectivity index (χ2v) is 7.75. The zero-order valence-corrected chi connectivity index (χ0v) is 16.2. The van der Waals surface area contributed by atoms with Crippen LogP contribution in [0.3, 0.4) is 0 Å². The summed E-state index contributed by atoms with van der Waals surface area (Å²) < 4.78 is 0. The van der Waals surface area contributed by atoms with Gasteiger partial charge in [0.25, 0.3) is 0 Å². The molecule has 0 unspecified atom stereocenters. The average molecular weight is 378 g/mol. The van der Waals surface area contributed by atoms with Gasteiger partial charge in [-0.15, -0.1) is 11.8 Å². The van der Waals surface area contributed by atoms with Gasteiger partial charge in [0.15, 0.2) is 0 Å². The Bertz CT molecular complexity index is 954. The summed E-state index contributed by atoms with van der Waals surface area (Å²) in [5.41, 5.74) is 2.66. The molecule has 3 aromatic carbocycles. The summed E-state index contributed by atoms with van der Waals surface area (Å²) >= 11 is 1.31. The van der Waals surface area contributed by atoms with Crippen molar-refractivity contribution in [3.63, 3.8) is 0 Å². The normalized spacial score (nSPS) is 11.8. The fourth-order valence-electron chi connectivity index (χ4n) is 2.62. The molecule has 0 aromatic heterocycles. The molecule has 3 rings (SSSR count). The number of carbonyl (C=O) groups excluding carboxylic acids is 2. The molecule has 0 aliphatic carbocycles. The zero-order chi connectivity index (χ0) is 19.2. The highest BCUT2D eigenvalue weighted by Gasteiger charge is 2.15. The van der Waals surface area contributed by atoms with Crippen molar-refractivity contribution in [1.82, 2.24) is 0 Å². The van der Waals surface area contributed by atoms with Crippen LogP contribution in [0.2, 0.25) is 0 Å². The van der Waals surface area contributed by atoms with Crippen LogP contribution in [0.5, 0.6) is 0 Å².